The fourth-order valence-corrected chi connectivity index (χ4v) is 2.84. The Balaban J connectivity index is 1.77. The Kier molecular flexibility index (Phi) is 4.37. The number of nitrogens with zero attached hydrogens (tertiary/aromatic N) is 4. The molecule has 1 amide bonds. The van der Waals surface area contributed by atoms with Crippen LogP contribution >= 0.6 is 0 Å². The first-order chi connectivity index (χ1) is 10.8. The molecule has 0 saturated carbocycles. The lowest BCUT2D eigenvalue weighted by atomic mass is 10.0. The average Bonchev–Trinajstić information content (AvgIpc) is 3.10. The second-order valence-corrected chi connectivity index (χ2v) is 5.35. The van der Waals surface area contributed by atoms with Crippen LogP contribution in [-0.2, 0) is 0 Å². The fraction of sp³-hybridized carbons (Fsp3) is 0.438. The van der Waals surface area contributed by atoms with Crippen molar-refractivity contribution in [2.75, 3.05) is 19.7 Å². The van der Waals surface area contributed by atoms with Gasteiger partial charge in [0.15, 0.2) is 0 Å². The van der Waals surface area contributed by atoms with E-state index in [1.807, 2.05) is 24.3 Å². The number of imidazole rings is 1. The minimum absolute atomic E-state index is 0.0126. The molecular weight excluding hydrogens is 280 g/mol. The molecule has 2 aromatic heterocycles. The van der Waals surface area contributed by atoms with Crippen molar-refractivity contribution in [2.24, 2.45) is 0 Å². The van der Waals surface area contributed by atoms with Crippen LogP contribution in [0.25, 0.3) is 0 Å². The van der Waals surface area contributed by atoms with Gasteiger partial charge in [0.1, 0.15) is 5.56 Å². The number of hydrogen-bond donors (Lipinski definition) is 0. The van der Waals surface area contributed by atoms with E-state index < -0.39 is 0 Å². The van der Waals surface area contributed by atoms with Crippen molar-refractivity contribution in [3.05, 3.63) is 42.6 Å². The molecule has 3 heterocycles. The summed E-state index contributed by atoms with van der Waals surface area (Å²) in [5.74, 6) is 0.404. The van der Waals surface area contributed by atoms with Gasteiger partial charge in [-0.2, -0.15) is 0 Å². The highest BCUT2D eigenvalue weighted by Gasteiger charge is 2.27. The Morgan fingerprint density at radius 2 is 2.36 bits per heavy atom. The van der Waals surface area contributed by atoms with E-state index in [9.17, 15) is 4.79 Å². The molecule has 1 aliphatic rings. The summed E-state index contributed by atoms with van der Waals surface area (Å²) < 4.78 is 7.55. The second kappa shape index (κ2) is 6.60. The third-order valence-electron chi connectivity index (χ3n) is 3.91. The number of amides is 1. The highest BCUT2D eigenvalue weighted by atomic mass is 16.5. The quantitative estimate of drug-likeness (QED) is 0.868. The van der Waals surface area contributed by atoms with E-state index in [2.05, 4.69) is 14.5 Å². The van der Waals surface area contributed by atoms with E-state index in [0.717, 1.165) is 19.4 Å². The number of carbonyl (C=O) groups excluding carboxylic acids is 1. The Morgan fingerprint density at radius 1 is 1.45 bits per heavy atom. The average molecular weight is 300 g/mol. The number of pyridine rings is 1. The van der Waals surface area contributed by atoms with E-state index in [1.54, 1.807) is 24.5 Å². The van der Waals surface area contributed by atoms with Crippen molar-refractivity contribution in [1.29, 1.82) is 0 Å². The van der Waals surface area contributed by atoms with Gasteiger partial charge in [0, 0.05) is 31.7 Å². The molecule has 0 aromatic carbocycles. The molecule has 1 aliphatic heterocycles. The predicted octanol–water partition coefficient (Wildman–Crippen LogP) is 2.15. The maximum absolute atomic E-state index is 12.8. The fourth-order valence-electron chi connectivity index (χ4n) is 2.84. The maximum Gasteiger partial charge on any atom is 0.259 e. The van der Waals surface area contributed by atoms with E-state index in [4.69, 9.17) is 4.74 Å². The molecule has 22 heavy (non-hydrogen) atoms. The molecular formula is C16H20N4O2. The number of carbonyl (C=O) groups is 1. The van der Waals surface area contributed by atoms with Crippen LogP contribution in [0.2, 0.25) is 0 Å². The Labute approximate surface area is 129 Å². The van der Waals surface area contributed by atoms with Crippen LogP contribution in [0.15, 0.2) is 37.1 Å². The second-order valence-electron chi connectivity index (χ2n) is 5.35. The van der Waals surface area contributed by atoms with Crippen LogP contribution < -0.4 is 4.74 Å². The SMILES string of the molecule is CCOc1ncccc1C(=O)N1CCC[C@H](n2ccnc2)C1. The molecule has 3 rings (SSSR count). The van der Waals surface area contributed by atoms with Crippen LogP contribution in [0.5, 0.6) is 5.88 Å². The van der Waals surface area contributed by atoms with Crippen LogP contribution in [0.4, 0.5) is 0 Å². The summed E-state index contributed by atoms with van der Waals surface area (Å²) in [4.78, 5) is 22.9. The first kappa shape index (κ1) is 14.6. The number of rotatable bonds is 4. The zero-order chi connectivity index (χ0) is 15.4. The van der Waals surface area contributed by atoms with E-state index >= 15 is 0 Å². The van der Waals surface area contributed by atoms with Gasteiger partial charge in [-0.15, -0.1) is 0 Å². The van der Waals surface area contributed by atoms with Gasteiger partial charge in [-0.25, -0.2) is 9.97 Å². The Bertz CT molecular complexity index is 627. The molecule has 6 heteroatoms. The van der Waals surface area contributed by atoms with Crippen molar-refractivity contribution < 1.29 is 9.53 Å². The lowest BCUT2D eigenvalue weighted by Gasteiger charge is -2.33. The molecule has 0 aliphatic carbocycles. The van der Waals surface area contributed by atoms with E-state index in [0.29, 0.717) is 24.6 Å². The monoisotopic (exact) mass is 300 g/mol. The van der Waals surface area contributed by atoms with Gasteiger partial charge in [-0.05, 0) is 31.9 Å². The van der Waals surface area contributed by atoms with E-state index in [1.165, 1.54) is 0 Å². The summed E-state index contributed by atoms with van der Waals surface area (Å²) in [6, 6.07) is 3.83. The van der Waals surface area contributed by atoms with Crippen LogP contribution in [0.1, 0.15) is 36.2 Å². The minimum Gasteiger partial charge on any atom is -0.477 e. The lowest BCUT2D eigenvalue weighted by molar-refractivity contribution is 0.0674. The zero-order valence-electron chi connectivity index (χ0n) is 12.7. The molecule has 1 atom stereocenters. The summed E-state index contributed by atoms with van der Waals surface area (Å²) in [6.07, 6.45) is 9.23. The topological polar surface area (TPSA) is 60.2 Å². The van der Waals surface area contributed by atoms with Gasteiger partial charge >= 0.3 is 0 Å². The van der Waals surface area contributed by atoms with Crippen LogP contribution in [0.3, 0.4) is 0 Å². The number of ether oxygens (including phenoxy) is 1. The third-order valence-corrected chi connectivity index (χ3v) is 3.91. The van der Waals surface area contributed by atoms with Crippen molar-refractivity contribution >= 4 is 5.91 Å². The molecule has 0 spiro atoms. The lowest BCUT2D eigenvalue weighted by Crippen LogP contribution is -2.40. The molecule has 116 valence electrons. The minimum atomic E-state index is -0.0126. The van der Waals surface area contributed by atoms with Crippen molar-refractivity contribution in [2.45, 2.75) is 25.8 Å². The zero-order valence-corrected chi connectivity index (χ0v) is 12.7. The Morgan fingerprint density at radius 3 is 3.14 bits per heavy atom. The molecule has 0 N–H and O–H groups in total. The normalized spacial score (nSPS) is 18.2. The standard InChI is InChI=1S/C16H20N4O2/c1-2-22-15-14(6-3-7-18-15)16(21)19-9-4-5-13(11-19)20-10-8-17-12-20/h3,6-8,10,12-13H,2,4-5,9,11H2,1H3/t13-/m0/s1. The molecule has 0 bridgehead atoms. The molecule has 6 nitrogen and oxygen atoms in total. The van der Waals surface area contributed by atoms with Crippen LogP contribution in [0, 0.1) is 0 Å². The summed E-state index contributed by atoms with van der Waals surface area (Å²) in [6.45, 7) is 3.84. The van der Waals surface area contributed by atoms with Gasteiger partial charge in [0.25, 0.3) is 5.91 Å². The van der Waals surface area contributed by atoms with Crippen molar-refractivity contribution in [3.63, 3.8) is 0 Å². The van der Waals surface area contributed by atoms with E-state index in [-0.39, 0.29) is 11.9 Å². The smallest absolute Gasteiger partial charge is 0.259 e. The van der Waals surface area contributed by atoms with Gasteiger partial charge in [-0.3, -0.25) is 4.79 Å². The highest BCUT2D eigenvalue weighted by Crippen LogP contribution is 2.24. The first-order valence-corrected chi connectivity index (χ1v) is 7.64. The van der Waals surface area contributed by atoms with Crippen molar-refractivity contribution in [3.8, 4) is 5.88 Å². The summed E-state index contributed by atoms with van der Waals surface area (Å²) >= 11 is 0. The maximum atomic E-state index is 12.8. The number of likely N-dealkylation sites (tertiary alicyclic amines) is 1. The summed E-state index contributed by atoms with van der Waals surface area (Å²) in [5.41, 5.74) is 0.538. The third kappa shape index (κ3) is 2.95. The predicted molar refractivity (Wildman–Crippen MR) is 81.8 cm³/mol. The molecule has 1 saturated heterocycles. The first-order valence-electron chi connectivity index (χ1n) is 7.64. The molecule has 1 fully saturated rings. The van der Waals surface area contributed by atoms with Crippen molar-refractivity contribution in [1.82, 2.24) is 19.4 Å². The summed E-state index contributed by atoms with van der Waals surface area (Å²) in [7, 11) is 0. The number of piperidine rings is 1. The van der Waals surface area contributed by atoms with Gasteiger partial charge in [-0.1, -0.05) is 0 Å². The van der Waals surface area contributed by atoms with Gasteiger partial charge < -0.3 is 14.2 Å². The number of hydrogen-bond acceptors (Lipinski definition) is 4. The summed E-state index contributed by atoms with van der Waals surface area (Å²) in [5, 5.41) is 0. The number of aromatic nitrogens is 3. The van der Waals surface area contributed by atoms with Gasteiger partial charge in [0.2, 0.25) is 5.88 Å². The highest BCUT2D eigenvalue weighted by molar-refractivity contribution is 5.96. The molecule has 0 radical (unpaired) electrons. The Hall–Kier alpha value is -2.37. The molecule has 0 unspecified atom stereocenters. The van der Waals surface area contributed by atoms with Gasteiger partial charge in [0.05, 0.1) is 19.0 Å². The van der Waals surface area contributed by atoms with Crippen LogP contribution in [-0.4, -0.2) is 45.0 Å². The largest absolute Gasteiger partial charge is 0.477 e. The molecule has 2 aromatic rings.